The topological polar surface area (TPSA) is 43.1 Å². The summed E-state index contributed by atoms with van der Waals surface area (Å²) in [4.78, 5) is 10.2. The third-order valence-corrected chi connectivity index (χ3v) is 1.65. The normalized spacial score (nSPS) is 11.5. The lowest BCUT2D eigenvalue weighted by Gasteiger charge is -2.02. The van der Waals surface area contributed by atoms with E-state index in [-0.39, 0.29) is 12.4 Å². The van der Waals surface area contributed by atoms with Crippen molar-refractivity contribution in [3.8, 4) is 0 Å². The molecule has 1 aromatic carbocycles. The van der Waals surface area contributed by atoms with E-state index in [1.807, 2.05) is 0 Å². The Kier molecular flexibility index (Phi) is 4.90. The second-order valence-electron chi connectivity index (χ2n) is 2.21. The highest BCUT2D eigenvalue weighted by Crippen LogP contribution is 2.12. The molecule has 12 heavy (non-hydrogen) atoms. The first-order valence-electron chi connectivity index (χ1n) is 3.20. The van der Waals surface area contributed by atoms with E-state index in [4.69, 9.17) is 17.3 Å². The summed E-state index contributed by atoms with van der Waals surface area (Å²) in [5.41, 5.74) is 6.22. The van der Waals surface area contributed by atoms with Crippen molar-refractivity contribution in [2.75, 3.05) is 0 Å². The van der Waals surface area contributed by atoms with Gasteiger partial charge in [-0.2, -0.15) is 0 Å². The van der Waals surface area contributed by atoms with Crippen LogP contribution in [0.1, 0.15) is 11.6 Å². The SMILES string of the molecule is Cl.NC(C=O)c1ccc(Cl)cc1. The lowest BCUT2D eigenvalue weighted by atomic mass is 10.1. The number of hydrogen-bond acceptors (Lipinski definition) is 2. The summed E-state index contributed by atoms with van der Waals surface area (Å²) in [6.45, 7) is 0. The fraction of sp³-hybridized carbons (Fsp3) is 0.125. The van der Waals surface area contributed by atoms with Crippen LogP contribution in [-0.2, 0) is 4.79 Å². The van der Waals surface area contributed by atoms with Crippen LogP contribution in [0.3, 0.4) is 0 Å². The van der Waals surface area contributed by atoms with Gasteiger partial charge in [0.1, 0.15) is 6.29 Å². The molecule has 2 N–H and O–H groups in total. The first-order chi connectivity index (χ1) is 5.24. The first kappa shape index (κ1) is 11.4. The highest BCUT2D eigenvalue weighted by molar-refractivity contribution is 6.30. The molecule has 0 bridgehead atoms. The molecule has 2 nitrogen and oxygen atoms in total. The molecule has 1 aromatic rings. The summed E-state index contributed by atoms with van der Waals surface area (Å²) in [7, 11) is 0. The molecule has 0 radical (unpaired) electrons. The Morgan fingerprint density at radius 2 is 1.83 bits per heavy atom. The van der Waals surface area contributed by atoms with E-state index in [1.165, 1.54) is 0 Å². The molecule has 0 aliphatic carbocycles. The van der Waals surface area contributed by atoms with Crippen molar-refractivity contribution < 1.29 is 4.79 Å². The highest BCUT2D eigenvalue weighted by atomic mass is 35.5. The van der Waals surface area contributed by atoms with Crippen molar-refractivity contribution >= 4 is 30.3 Å². The number of benzene rings is 1. The number of halogens is 2. The van der Waals surface area contributed by atoms with E-state index in [0.29, 0.717) is 11.3 Å². The Morgan fingerprint density at radius 1 is 1.33 bits per heavy atom. The van der Waals surface area contributed by atoms with Gasteiger partial charge in [-0.3, -0.25) is 0 Å². The molecule has 0 saturated carbocycles. The molecular formula is C8H9Cl2NO. The number of carbonyl (C=O) groups excluding carboxylic acids is 1. The zero-order valence-electron chi connectivity index (χ0n) is 6.24. The van der Waals surface area contributed by atoms with Crippen LogP contribution in [0, 0.1) is 0 Å². The third-order valence-electron chi connectivity index (χ3n) is 1.40. The molecule has 66 valence electrons. The molecule has 1 rings (SSSR count). The first-order valence-corrected chi connectivity index (χ1v) is 3.58. The summed E-state index contributed by atoms with van der Waals surface area (Å²) in [6.07, 6.45) is 0.698. The zero-order chi connectivity index (χ0) is 8.27. The Balaban J connectivity index is 0.00000121. The number of rotatable bonds is 2. The number of carbonyl (C=O) groups is 1. The molecule has 0 aliphatic rings. The quantitative estimate of drug-likeness (QED) is 0.751. The number of nitrogens with two attached hydrogens (primary N) is 1. The van der Waals surface area contributed by atoms with Gasteiger partial charge in [-0.25, -0.2) is 0 Å². The summed E-state index contributed by atoms with van der Waals surface area (Å²) in [5.74, 6) is 0. The van der Waals surface area contributed by atoms with Crippen LogP contribution in [-0.4, -0.2) is 6.29 Å². The minimum Gasteiger partial charge on any atom is -0.318 e. The van der Waals surface area contributed by atoms with Gasteiger partial charge in [0.05, 0.1) is 6.04 Å². The van der Waals surface area contributed by atoms with E-state index in [9.17, 15) is 4.79 Å². The average Bonchev–Trinajstić information content (AvgIpc) is 2.05. The predicted octanol–water partition coefficient (Wildman–Crippen LogP) is 1.96. The fourth-order valence-electron chi connectivity index (χ4n) is 0.764. The van der Waals surface area contributed by atoms with Gasteiger partial charge in [0, 0.05) is 5.02 Å². The zero-order valence-corrected chi connectivity index (χ0v) is 7.81. The largest absolute Gasteiger partial charge is 0.318 e. The predicted molar refractivity (Wildman–Crippen MR) is 51.7 cm³/mol. The van der Waals surface area contributed by atoms with Crippen molar-refractivity contribution in [3.63, 3.8) is 0 Å². The van der Waals surface area contributed by atoms with E-state index in [1.54, 1.807) is 24.3 Å². The molecule has 0 amide bonds. The van der Waals surface area contributed by atoms with Crippen molar-refractivity contribution in [2.24, 2.45) is 5.73 Å². The third kappa shape index (κ3) is 2.81. The summed E-state index contributed by atoms with van der Waals surface area (Å²) in [5, 5.41) is 0.645. The minimum atomic E-state index is -0.535. The van der Waals surface area contributed by atoms with Gasteiger partial charge >= 0.3 is 0 Å². The number of hydrogen-bond donors (Lipinski definition) is 1. The molecule has 1 unspecified atom stereocenters. The molecule has 0 fully saturated rings. The maximum atomic E-state index is 10.2. The van der Waals surface area contributed by atoms with Crippen molar-refractivity contribution in [3.05, 3.63) is 34.9 Å². The molecule has 0 heterocycles. The summed E-state index contributed by atoms with van der Waals surface area (Å²) >= 11 is 5.63. The van der Waals surface area contributed by atoms with E-state index in [0.717, 1.165) is 5.56 Å². The lowest BCUT2D eigenvalue weighted by Crippen LogP contribution is -2.10. The Morgan fingerprint density at radius 3 is 2.25 bits per heavy atom. The second kappa shape index (κ2) is 5.14. The van der Waals surface area contributed by atoms with Crippen LogP contribution >= 0.6 is 24.0 Å². The van der Waals surface area contributed by atoms with Crippen LogP contribution in [0.2, 0.25) is 5.02 Å². The van der Waals surface area contributed by atoms with E-state index < -0.39 is 6.04 Å². The van der Waals surface area contributed by atoms with Gasteiger partial charge in [-0.05, 0) is 17.7 Å². The van der Waals surface area contributed by atoms with Gasteiger partial charge in [0.15, 0.2) is 0 Å². The maximum absolute atomic E-state index is 10.2. The lowest BCUT2D eigenvalue weighted by molar-refractivity contribution is -0.109. The summed E-state index contributed by atoms with van der Waals surface area (Å²) < 4.78 is 0. The highest BCUT2D eigenvalue weighted by Gasteiger charge is 2.01. The van der Waals surface area contributed by atoms with Gasteiger partial charge in [-0.1, -0.05) is 23.7 Å². The van der Waals surface area contributed by atoms with Gasteiger partial charge < -0.3 is 10.5 Å². The van der Waals surface area contributed by atoms with Crippen LogP contribution < -0.4 is 5.73 Å². The van der Waals surface area contributed by atoms with Crippen LogP contribution in [0.5, 0.6) is 0 Å². The van der Waals surface area contributed by atoms with E-state index in [2.05, 4.69) is 0 Å². The minimum absolute atomic E-state index is 0. The molecule has 1 atom stereocenters. The Labute approximate surface area is 82.1 Å². The second-order valence-corrected chi connectivity index (χ2v) is 2.65. The van der Waals surface area contributed by atoms with Crippen LogP contribution in [0.4, 0.5) is 0 Å². The van der Waals surface area contributed by atoms with E-state index >= 15 is 0 Å². The maximum Gasteiger partial charge on any atom is 0.141 e. The van der Waals surface area contributed by atoms with Crippen LogP contribution in [0.15, 0.2) is 24.3 Å². The van der Waals surface area contributed by atoms with Crippen molar-refractivity contribution in [2.45, 2.75) is 6.04 Å². The van der Waals surface area contributed by atoms with Crippen molar-refractivity contribution in [1.29, 1.82) is 0 Å². The summed E-state index contributed by atoms with van der Waals surface area (Å²) in [6, 6.07) is 6.36. The monoisotopic (exact) mass is 205 g/mol. The van der Waals surface area contributed by atoms with Crippen molar-refractivity contribution in [1.82, 2.24) is 0 Å². The van der Waals surface area contributed by atoms with Gasteiger partial charge in [0.2, 0.25) is 0 Å². The van der Waals surface area contributed by atoms with Gasteiger partial charge in [-0.15, -0.1) is 12.4 Å². The molecule has 0 aromatic heterocycles. The molecule has 4 heteroatoms. The molecule has 0 spiro atoms. The molecular weight excluding hydrogens is 197 g/mol. The Bertz CT molecular complexity index is 248. The van der Waals surface area contributed by atoms with Gasteiger partial charge in [0.25, 0.3) is 0 Å². The molecule has 0 saturated heterocycles. The Hall–Kier alpha value is -0.570. The average molecular weight is 206 g/mol. The van der Waals surface area contributed by atoms with Crippen LogP contribution in [0.25, 0.3) is 0 Å². The molecule has 0 aliphatic heterocycles. The number of aldehydes is 1. The fourth-order valence-corrected chi connectivity index (χ4v) is 0.890. The smallest absolute Gasteiger partial charge is 0.141 e. The standard InChI is InChI=1S/C8H8ClNO.ClH/c9-7-3-1-6(2-4-7)8(10)5-11;/h1-5,8H,10H2;1H.